The third-order valence-electron chi connectivity index (χ3n) is 8.11. The minimum absolute atomic E-state index is 0.880. The zero-order valence-electron chi connectivity index (χ0n) is 26.6. The third-order valence-corrected chi connectivity index (χ3v) is 8.11. The Hall–Kier alpha value is -2.22. The van der Waals surface area contributed by atoms with E-state index in [9.17, 15) is 0 Å². The van der Waals surface area contributed by atoms with Crippen LogP contribution >= 0.6 is 0 Å². The maximum absolute atomic E-state index is 4.81. The molecule has 39 heavy (non-hydrogen) atoms. The van der Waals surface area contributed by atoms with E-state index in [4.69, 9.17) is 10.2 Å². The summed E-state index contributed by atoms with van der Waals surface area (Å²) in [5.41, 5.74) is 12.4. The number of benzene rings is 2. The quantitative estimate of drug-likeness (QED) is 0.127. The van der Waals surface area contributed by atoms with Crippen molar-refractivity contribution >= 4 is 11.8 Å². The van der Waals surface area contributed by atoms with Crippen LogP contribution in [0.5, 0.6) is 0 Å². The van der Waals surface area contributed by atoms with Crippen molar-refractivity contribution in [3.8, 4) is 0 Å². The van der Waals surface area contributed by atoms with Gasteiger partial charge in [0.05, 0.1) is 11.4 Å². The molecule has 0 aliphatic heterocycles. The van der Waals surface area contributed by atoms with E-state index < -0.39 is 0 Å². The largest absolute Gasteiger partial charge is 0.155 e. The lowest BCUT2D eigenvalue weighted by molar-refractivity contribution is 0.660. The van der Waals surface area contributed by atoms with Crippen molar-refractivity contribution in [2.24, 2.45) is 10.2 Å². The summed E-state index contributed by atoms with van der Waals surface area (Å²) >= 11 is 0. The number of allylic oxidation sites excluding steroid dienone is 1. The van der Waals surface area contributed by atoms with Gasteiger partial charge in [-0.05, 0) is 128 Å². The second kappa shape index (κ2) is 19.0. The monoisotopic (exact) mass is 530 g/mol. The minimum atomic E-state index is 0.880. The van der Waals surface area contributed by atoms with E-state index in [2.05, 4.69) is 78.8 Å². The predicted octanol–water partition coefficient (Wildman–Crippen LogP) is 12.2. The van der Waals surface area contributed by atoms with Crippen LogP contribution in [-0.2, 0) is 32.1 Å². The molecule has 2 nitrogen and oxygen atoms in total. The normalized spacial score (nSPS) is 12.1. The Morgan fingerprint density at radius 3 is 1.72 bits per heavy atom. The molecular formula is C37H58N2. The van der Waals surface area contributed by atoms with Gasteiger partial charge in [-0.2, -0.15) is 10.2 Å². The van der Waals surface area contributed by atoms with Gasteiger partial charge >= 0.3 is 0 Å². The molecule has 2 rings (SSSR count). The van der Waals surface area contributed by atoms with Crippen LogP contribution in [-0.4, -0.2) is 0 Å². The molecule has 0 fully saturated rings. The van der Waals surface area contributed by atoms with Gasteiger partial charge in [-0.3, -0.25) is 0 Å². The first-order valence-electron chi connectivity index (χ1n) is 16.4. The van der Waals surface area contributed by atoms with E-state index >= 15 is 0 Å². The van der Waals surface area contributed by atoms with Gasteiger partial charge in [-0.1, -0.05) is 92.2 Å². The second-order valence-electron chi connectivity index (χ2n) is 11.4. The standard InChI is InChI=1S/C37H58N2/c1-8-14-18-19-23-37-31(12-5)24-30(25-34(37)22-17-11-4)26-35(13-6)38-39-36-27-32(20-15-9-2)29(7)33(28-36)21-16-10-3/h24-28H,8-23H2,1-7H3. The first-order chi connectivity index (χ1) is 19.0. The van der Waals surface area contributed by atoms with E-state index in [-0.39, 0.29) is 0 Å². The van der Waals surface area contributed by atoms with Gasteiger partial charge in [0.2, 0.25) is 0 Å². The maximum atomic E-state index is 4.81. The molecule has 0 heterocycles. The summed E-state index contributed by atoms with van der Waals surface area (Å²) in [6, 6.07) is 9.44. The van der Waals surface area contributed by atoms with Crippen molar-refractivity contribution in [2.75, 3.05) is 0 Å². The Morgan fingerprint density at radius 1 is 0.615 bits per heavy atom. The molecule has 216 valence electrons. The summed E-state index contributed by atoms with van der Waals surface area (Å²) in [6.07, 6.45) is 21.6. The van der Waals surface area contributed by atoms with Crippen LogP contribution in [0.3, 0.4) is 0 Å². The summed E-state index contributed by atoms with van der Waals surface area (Å²) in [5, 5.41) is 9.61. The van der Waals surface area contributed by atoms with Crippen LogP contribution < -0.4 is 0 Å². The van der Waals surface area contributed by atoms with E-state index in [0.29, 0.717) is 0 Å². The van der Waals surface area contributed by atoms with Crippen LogP contribution in [0.1, 0.15) is 151 Å². The van der Waals surface area contributed by atoms with Crippen LogP contribution in [0.2, 0.25) is 0 Å². The first kappa shape index (κ1) is 33.0. The Bertz CT molecular complexity index is 1010. The summed E-state index contributed by atoms with van der Waals surface area (Å²) in [6.45, 7) is 15.9. The van der Waals surface area contributed by atoms with E-state index in [1.54, 1.807) is 11.1 Å². The molecular weight excluding hydrogens is 472 g/mol. The summed E-state index contributed by atoms with van der Waals surface area (Å²) < 4.78 is 0. The van der Waals surface area contributed by atoms with Gasteiger partial charge < -0.3 is 0 Å². The summed E-state index contributed by atoms with van der Waals surface area (Å²) in [7, 11) is 0. The molecule has 0 spiro atoms. The van der Waals surface area contributed by atoms with E-state index in [0.717, 1.165) is 37.1 Å². The lowest BCUT2D eigenvalue weighted by Crippen LogP contribution is -2.02. The Labute approximate surface area is 241 Å². The number of azo groups is 1. The van der Waals surface area contributed by atoms with Gasteiger partial charge in [-0.15, -0.1) is 0 Å². The lowest BCUT2D eigenvalue weighted by atomic mass is 9.89. The summed E-state index contributed by atoms with van der Waals surface area (Å²) in [5.74, 6) is 0. The number of hydrogen-bond donors (Lipinski definition) is 0. The van der Waals surface area contributed by atoms with Crippen molar-refractivity contribution in [1.82, 2.24) is 0 Å². The molecule has 0 N–H and O–H groups in total. The van der Waals surface area contributed by atoms with Crippen LogP contribution in [0.4, 0.5) is 5.69 Å². The Kier molecular flexibility index (Phi) is 16.0. The number of aryl methyl sites for hydroxylation is 4. The van der Waals surface area contributed by atoms with Crippen LogP contribution in [0.25, 0.3) is 6.08 Å². The molecule has 0 amide bonds. The highest BCUT2D eigenvalue weighted by Gasteiger charge is 2.11. The number of hydrogen-bond acceptors (Lipinski definition) is 2. The lowest BCUT2D eigenvalue weighted by Gasteiger charge is -2.16. The third kappa shape index (κ3) is 11.1. The molecule has 2 aromatic rings. The van der Waals surface area contributed by atoms with Gasteiger partial charge in [-0.25, -0.2) is 0 Å². The topological polar surface area (TPSA) is 24.7 Å². The molecule has 0 aliphatic rings. The SMILES string of the molecule is CCCCCCc1c(CC)cc(C=C(CC)N=Nc2cc(CCCC)c(C)c(CCCC)c2)cc1CCCC. The highest BCUT2D eigenvalue weighted by molar-refractivity contribution is 5.57. The van der Waals surface area contributed by atoms with Gasteiger partial charge in [0, 0.05) is 0 Å². The molecule has 0 atom stereocenters. The molecule has 0 saturated carbocycles. The average Bonchev–Trinajstić information content (AvgIpc) is 2.95. The molecule has 2 aromatic carbocycles. The van der Waals surface area contributed by atoms with Crippen molar-refractivity contribution in [3.63, 3.8) is 0 Å². The number of nitrogens with zero attached hydrogens (tertiary/aromatic N) is 2. The van der Waals surface area contributed by atoms with Gasteiger partial charge in [0.15, 0.2) is 0 Å². The molecule has 0 unspecified atom stereocenters. The number of rotatable bonds is 19. The van der Waals surface area contributed by atoms with Crippen molar-refractivity contribution < 1.29 is 0 Å². The van der Waals surface area contributed by atoms with Crippen molar-refractivity contribution in [1.29, 1.82) is 0 Å². The van der Waals surface area contributed by atoms with Gasteiger partial charge in [0.1, 0.15) is 0 Å². The molecule has 0 aromatic heterocycles. The molecule has 2 heteroatoms. The fraction of sp³-hybridized carbons (Fsp3) is 0.622. The Morgan fingerprint density at radius 2 is 1.18 bits per heavy atom. The second-order valence-corrected chi connectivity index (χ2v) is 11.4. The minimum Gasteiger partial charge on any atom is -0.155 e. The molecule has 0 bridgehead atoms. The van der Waals surface area contributed by atoms with Crippen LogP contribution in [0.15, 0.2) is 40.2 Å². The summed E-state index contributed by atoms with van der Waals surface area (Å²) in [4.78, 5) is 0. The van der Waals surface area contributed by atoms with Crippen LogP contribution in [0, 0.1) is 6.92 Å². The maximum Gasteiger partial charge on any atom is 0.0862 e. The zero-order chi connectivity index (χ0) is 28.5. The highest BCUT2D eigenvalue weighted by atomic mass is 15.1. The van der Waals surface area contributed by atoms with Crippen molar-refractivity contribution in [3.05, 3.63) is 68.9 Å². The average molecular weight is 531 g/mol. The zero-order valence-corrected chi connectivity index (χ0v) is 26.6. The van der Waals surface area contributed by atoms with Gasteiger partial charge in [0.25, 0.3) is 0 Å². The van der Waals surface area contributed by atoms with E-state index in [1.807, 2.05) is 0 Å². The molecule has 0 aliphatic carbocycles. The fourth-order valence-electron chi connectivity index (χ4n) is 5.51. The predicted molar refractivity (Wildman–Crippen MR) is 173 cm³/mol. The molecule has 0 radical (unpaired) electrons. The highest BCUT2D eigenvalue weighted by Crippen LogP contribution is 2.28. The fourth-order valence-corrected chi connectivity index (χ4v) is 5.51. The Balaban J connectivity index is 2.39. The number of unbranched alkanes of at least 4 members (excludes halogenated alkanes) is 6. The first-order valence-corrected chi connectivity index (χ1v) is 16.4. The smallest absolute Gasteiger partial charge is 0.0862 e. The van der Waals surface area contributed by atoms with Crippen molar-refractivity contribution in [2.45, 2.75) is 151 Å². The molecule has 0 saturated heterocycles. The van der Waals surface area contributed by atoms with E-state index in [1.165, 1.54) is 105 Å².